The Hall–Kier alpha value is -1.40. The lowest BCUT2D eigenvalue weighted by molar-refractivity contribution is 0.0696. The molecule has 1 aromatic carbocycles. The molecule has 0 amide bonds. The van der Waals surface area contributed by atoms with Crippen LogP contribution in [-0.2, 0) is 10.0 Å². The van der Waals surface area contributed by atoms with Crippen LogP contribution in [0, 0.1) is 12.8 Å². The zero-order valence-electron chi connectivity index (χ0n) is 11.5. The minimum Gasteiger partial charge on any atom is -0.478 e. The van der Waals surface area contributed by atoms with E-state index in [2.05, 4.69) is 0 Å². The van der Waals surface area contributed by atoms with Gasteiger partial charge >= 0.3 is 5.97 Å². The Morgan fingerprint density at radius 1 is 1.37 bits per heavy atom. The molecule has 0 aromatic heterocycles. The molecule has 106 valence electrons. The number of benzene rings is 1. The highest BCUT2D eigenvalue weighted by molar-refractivity contribution is 7.89. The van der Waals surface area contributed by atoms with Gasteiger partial charge < -0.3 is 5.11 Å². The molecule has 0 spiro atoms. The third-order valence-corrected chi connectivity index (χ3v) is 4.71. The fourth-order valence-corrected chi connectivity index (χ4v) is 3.37. The van der Waals surface area contributed by atoms with Crippen LogP contribution in [0.25, 0.3) is 0 Å². The number of nitrogens with zero attached hydrogens (tertiary/aromatic N) is 1. The van der Waals surface area contributed by atoms with Gasteiger partial charge in [-0.15, -0.1) is 0 Å². The molecule has 0 unspecified atom stereocenters. The predicted molar refractivity (Wildman–Crippen MR) is 72.8 cm³/mol. The maximum absolute atomic E-state index is 12.4. The lowest BCUT2D eigenvalue weighted by atomic mass is 10.1. The van der Waals surface area contributed by atoms with E-state index in [0.29, 0.717) is 12.1 Å². The van der Waals surface area contributed by atoms with E-state index in [0.717, 1.165) is 0 Å². The Bertz CT molecular complexity index is 578. The first kappa shape index (κ1) is 15.7. The predicted octanol–water partition coefficient (Wildman–Crippen LogP) is 1.97. The number of hydrogen-bond donors (Lipinski definition) is 1. The molecule has 0 atom stereocenters. The first-order valence-corrected chi connectivity index (χ1v) is 7.40. The van der Waals surface area contributed by atoms with E-state index in [-0.39, 0.29) is 16.4 Å². The highest BCUT2D eigenvalue weighted by Gasteiger charge is 2.24. The summed E-state index contributed by atoms with van der Waals surface area (Å²) in [7, 11) is -2.15. The number of carboxylic acids is 1. The molecule has 0 bridgehead atoms. The molecule has 0 aliphatic heterocycles. The van der Waals surface area contributed by atoms with Gasteiger partial charge in [0.25, 0.3) is 0 Å². The van der Waals surface area contributed by atoms with Gasteiger partial charge in [-0.2, -0.15) is 0 Å². The van der Waals surface area contributed by atoms with E-state index in [9.17, 15) is 13.2 Å². The van der Waals surface area contributed by atoms with Crippen molar-refractivity contribution in [1.82, 2.24) is 4.31 Å². The minimum atomic E-state index is -3.65. The molecule has 5 nitrogen and oxygen atoms in total. The Labute approximate surface area is 113 Å². The number of rotatable bonds is 5. The number of aryl methyl sites for hydroxylation is 1. The molecule has 0 radical (unpaired) electrons. The Morgan fingerprint density at radius 2 is 1.95 bits per heavy atom. The second kappa shape index (κ2) is 5.71. The minimum absolute atomic E-state index is 0.0258. The Balaban J connectivity index is 3.28. The summed E-state index contributed by atoms with van der Waals surface area (Å²) in [5.41, 5.74) is 0.516. The molecule has 1 aromatic rings. The van der Waals surface area contributed by atoms with Crippen LogP contribution in [0.5, 0.6) is 0 Å². The fourth-order valence-electron chi connectivity index (χ4n) is 1.79. The van der Waals surface area contributed by atoms with Gasteiger partial charge in [-0.3, -0.25) is 0 Å². The highest BCUT2D eigenvalue weighted by atomic mass is 32.2. The Morgan fingerprint density at radius 3 is 2.42 bits per heavy atom. The van der Waals surface area contributed by atoms with Crippen molar-refractivity contribution >= 4 is 16.0 Å². The van der Waals surface area contributed by atoms with Crippen molar-refractivity contribution in [2.24, 2.45) is 5.92 Å². The molecule has 0 heterocycles. The van der Waals surface area contributed by atoms with E-state index < -0.39 is 16.0 Å². The molecule has 0 saturated heterocycles. The molecular weight excluding hydrogens is 266 g/mol. The summed E-state index contributed by atoms with van der Waals surface area (Å²) in [6.45, 7) is 5.89. The van der Waals surface area contributed by atoms with Crippen LogP contribution in [0.1, 0.15) is 29.8 Å². The van der Waals surface area contributed by atoms with Crippen molar-refractivity contribution in [3.05, 3.63) is 29.3 Å². The zero-order valence-corrected chi connectivity index (χ0v) is 12.4. The normalized spacial score (nSPS) is 12.1. The lowest BCUT2D eigenvalue weighted by Gasteiger charge is -2.20. The quantitative estimate of drug-likeness (QED) is 0.897. The average Bonchev–Trinajstić information content (AvgIpc) is 2.27. The van der Waals surface area contributed by atoms with Gasteiger partial charge in [0.1, 0.15) is 0 Å². The number of carbonyl (C=O) groups is 1. The molecule has 1 N–H and O–H groups in total. The van der Waals surface area contributed by atoms with E-state index in [1.54, 1.807) is 6.92 Å². The van der Waals surface area contributed by atoms with E-state index in [1.165, 1.54) is 29.6 Å². The SMILES string of the molecule is Cc1ccc(C(=O)O)cc1S(=O)(=O)N(C)CC(C)C. The van der Waals surface area contributed by atoms with E-state index >= 15 is 0 Å². The van der Waals surface area contributed by atoms with Crippen molar-refractivity contribution in [3.8, 4) is 0 Å². The first-order valence-electron chi connectivity index (χ1n) is 5.96. The molecule has 1 rings (SSSR count). The topological polar surface area (TPSA) is 74.7 Å². The van der Waals surface area contributed by atoms with Crippen LogP contribution in [0.15, 0.2) is 23.1 Å². The van der Waals surface area contributed by atoms with Crippen molar-refractivity contribution in [1.29, 1.82) is 0 Å². The first-order chi connectivity index (χ1) is 8.66. The van der Waals surface area contributed by atoms with Gasteiger partial charge in [0.15, 0.2) is 0 Å². The van der Waals surface area contributed by atoms with Crippen molar-refractivity contribution in [2.45, 2.75) is 25.7 Å². The average molecular weight is 285 g/mol. The third-order valence-electron chi connectivity index (χ3n) is 2.75. The summed E-state index contributed by atoms with van der Waals surface area (Å²) in [4.78, 5) is 11.0. The van der Waals surface area contributed by atoms with Gasteiger partial charge in [0.2, 0.25) is 10.0 Å². The number of carboxylic acid groups (broad SMARTS) is 1. The summed E-state index contributed by atoms with van der Waals surface area (Å²) < 4.78 is 26.0. The van der Waals surface area contributed by atoms with E-state index in [1.807, 2.05) is 13.8 Å². The molecular formula is C13H19NO4S. The van der Waals surface area contributed by atoms with Crippen LogP contribution in [-0.4, -0.2) is 37.4 Å². The van der Waals surface area contributed by atoms with Gasteiger partial charge in [-0.1, -0.05) is 19.9 Å². The van der Waals surface area contributed by atoms with Crippen molar-refractivity contribution < 1.29 is 18.3 Å². The number of hydrogen-bond acceptors (Lipinski definition) is 3. The van der Waals surface area contributed by atoms with Gasteiger partial charge in [0, 0.05) is 13.6 Å². The summed E-state index contributed by atoms with van der Waals surface area (Å²) >= 11 is 0. The standard InChI is InChI=1S/C13H19NO4S/c1-9(2)8-14(4)19(17,18)12-7-11(13(15)16)6-5-10(12)3/h5-7,9H,8H2,1-4H3,(H,15,16). The third kappa shape index (κ3) is 3.54. The van der Waals surface area contributed by atoms with E-state index in [4.69, 9.17) is 5.11 Å². The zero-order chi connectivity index (χ0) is 14.8. The molecule has 0 aliphatic carbocycles. The summed E-state index contributed by atoms with van der Waals surface area (Å²) in [5.74, 6) is -0.939. The summed E-state index contributed by atoms with van der Waals surface area (Å²) in [6, 6.07) is 4.13. The maximum atomic E-state index is 12.4. The highest BCUT2D eigenvalue weighted by Crippen LogP contribution is 2.21. The largest absolute Gasteiger partial charge is 0.478 e. The van der Waals surface area contributed by atoms with Crippen molar-refractivity contribution in [3.63, 3.8) is 0 Å². The molecule has 0 saturated carbocycles. The van der Waals surface area contributed by atoms with Crippen LogP contribution in [0.4, 0.5) is 0 Å². The van der Waals surface area contributed by atoms with Crippen LogP contribution in [0.3, 0.4) is 0 Å². The van der Waals surface area contributed by atoms with Crippen LogP contribution < -0.4 is 0 Å². The molecule has 0 aliphatic rings. The van der Waals surface area contributed by atoms with Gasteiger partial charge in [0.05, 0.1) is 10.5 Å². The van der Waals surface area contributed by atoms with Crippen LogP contribution in [0.2, 0.25) is 0 Å². The maximum Gasteiger partial charge on any atom is 0.335 e. The monoisotopic (exact) mass is 285 g/mol. The smallest absolute Gasteiger partial charge is 0.335 e. The number of aromatic carboxylic acids is 1. The second-order valence-electron chi connectivity index (χ2n) is 4.96. The summed E-state index contributed by atoms with van der Waals surface area (Å²) in [5, 5.41) is 8.94. The number of sulfonamides is 1. The second-order valence-corrected chi connectivity index (χ2v) is 6.98. The van der Waals surface area contributed by atoms with Gasteiger partial charge in [-0.05, 0) is 30.5 Å². The van der Waals surface area contributed by atoms with Gasteiger partial charge in [-0.25, -0.2) is 17.5 Å². The van der Waals surface area contributed by atoms with Crippen molar-refractivity contribution in [2.75, 3.05) is 13.6 Å². The van der Waals surface area contributed by atoms with Crippen LogP contribution >= 0.6 is 0 Å². The molecule has 0 fully saturated rings. The lowest BCUT2D eigenvalue weighted by Crippen LogP contribution is -2.31. The Kier molecular flexibility index (Phi) is 4.70. The molecule has 6 heteroatoms. The summed E-state index contributed by atoms with van der Waals surface area (Å²) in [6.07, 6.45) is 0. The molecule has 19 heavy (non-hydrogen) atoms. The fraction of sp³-hybridized carbons (Fsp3) is 0.462.